The highest BCUT2D eigenvalue weighted by atomic mass is 19.4. The molecule has 0 N–H and O–H groups in total. The van der Waals surface area contributed by atoms with Crippen molar-refractivity contribution in [1.82, 2.24) is 24.8 Å². The molecule has 0 saturated carbocycles. The number of likely N-dealkylation sites (tertiary alicyclic amines) is 1. The highest BCUT2D eigenvalue weighted by Crippen LogP contribution is 2.27. The van der Waals surface area contributed by atoms with E-state index in [1.165, 1.54) is 0 Å². The van der Waals surface area contributed by atoms with Crippen molar-refractivity contribution in [2.75, 3.05) is 13.1 Å². The Balaban J connectivity index is 1.56. The summed E-state index contributed by atoms with van der Waals surface area (Å²) in [6.07, 6.45) is -3.04. The lowest BCUT2D eigenvalue weighted by Crippen LogP contribution is -2.37. The first-order valence-corrected chi connectivity index (χ1v) is 8.92. The van der Waals surface area contributed by atoms with Crippen LogP contribution in [0.15, 0.2) is 21.5 Å². The van der Waals surface area contributed by atoms with Gasteiger partial charge < -0.3 is 4.52 Å². The van der Waals surface area contributed by atoms with Crippen LogP contribution in [0.2, 0.25) is 0 Å². The maximum atomic E-state index is 12.8. The largest absolute Gasteiger partial charge is 0.435 e. The number of hydrogen-bond acceptors (Lipinski definition) is 6. The lowest BCUT2D eigenvalue weighted by molar-refractivity contribution is -0.142. The lowest BCUT2D eigenvalue weighted by Gasteiger charge is -2.30. The molecule has 0 radical (unpaired) electrons. The summed E-state index contributed by atoms with van der Waals surface area (Å²) in [6, 6.07) is 1.64. The van der Waals surface area contributed by atoms with Crippen molar-refractivity contribution in [3.05, 3.63) is 39.9 Å². The van der Waals surface area contributed by atoms with Gasteiger partial charge in [0.15, 0.2) is 11.5 Å². The Morgan fingerprint density at radius 3 is 2.56 bits per heavy atom. The smallest absolute Gasteiger partial charge is 0.338 e. The van der Waals surface area contributed by atoms with Crippen molar-refractivity contribution in [3.63, 3.8) is 0 Å². The predicted molar refractivity (Wildman–Crippen MR) is 89.9 cm³/mol. The third kappa shape index (κ3) is 4.94. The molecule has 148 valence electrons. The fourth-order valence-electron chi connectivity index (χ4n) is 3.06. The molecular weight excluding hydrogens is 363 g/mol. The zero-order valence-electron chi connectivity index (χ0n) is 15.2. The minimum atomic E-state index is -4.56. The molecule has 0 amide bonds. The second kappa shape index (κ2) is 7.79. The Hall–Kier alpha value is -2.23. The number of piperidine rings is 1. The quantitative estimate of drug-likeness (QED) is 0.788. The van der Waals surface area contributed by atoms with Crippen LogP contribution in [0.25, 0.3) is 0 Å². The zero-order chi connectivity index (χ0) is 19.6. The number of aromatic nitrogens is 4. The minimum absolute atomic E-state index is 0.101. The molecule has 1 fully saturated rings. The summed E-state index contributed by atoms with van der Waals surface area (Å²) < 4.78 is 44.5. The van der Waals surface area contributed by atoms with E-state index in [9.17, 15) is 18.0 Å². The molecule has 3 rings (SSSR count). The molecule has 0 bridgehead atoms. The molecule has 1 aliphatic heterocycles. The first-order chi connectivity index (χ1) is 12.7. The Labute approximate surface area is 154 Å². The van der Waals surface area contributed by atoms with Gasteiger partial charge in [-0.15, -0.1) is 0 Å². The Kier molecular flexibility index (Phi) is 5.64. The van der Waals surface area contributed by atoms with Crippen LogP contribution in [0.5, 0.6) is 0 Å². The maximum absolute atomic E-state index is 12.8. The molecule has 27 heavy (non-hydrogen) atoms. The average Bonchev–Trinajstić information content (AvgIpc) is 3.06. The van der Waals surface area contributed by atoms with Crippen LogP contribution in [0.1, 0.15) is 50.0 Å². The standard InChI is InChI=1S/C17H22F3N5O2/c1-11(2)16-21-14(27-23-16)10-24-7-5-12(6-8-24)9-25-15(26)4-3-13(22-25)17(18,19)20/h3-4,11-12H,5-10H2,1-2H3. The molecule has 3 heterocycles. The van der Waals surface area contributed by atoms with E-state index in [2.05, 4.69) is 20.1 Å². The van der Waals surface area contributed by atoms with Crippen LogP contribution in [-0.4, -0.2) is 37.9 Å². The summed E-state index contributed by atoms with van der Waals surface area (Å²) in [5, 5.41) is 7.41. The van der Waals surface area contributed by atoms with E-state index in [-0.39, 0.29) is 18.4 Å². The number of alkyl halides is 3. The maximum Gasteiger partial charge on any atom is 0.435 e. The number of nitrogens with zero attached hydrogens (tertiary/aromatic N) is 5. The minimum Gasteiger partial charge on any atom is -0.338 e. The Bertz CT molecular complexity index is 822. The van der Waals surface area contributed by atoms with Crippen LogP contribution in [0.3, 0.4) is 0 Å². The van der Waals surface area contributed by atoms with Gasteiger partial charge in [-0.2, -0.15) is 23.3 Å². The molecule has 10 heteroatoms. The molecule has 2 aromatic rings. The molecule has 2 aromatic heterocycles. The van der Waals surface area contributed by atoms with Gasteiger partial charge in [0.05, 0.1) is 6.54 Å². The third-order valence-corrected chi connectivity index (χ3v) is 4.65. The van der Waals surface area contributed by atoms with E-state index in [1.54, 1.807) is 0 Å². The first-order valence-electron chi connectivity index (χ1n) is 8.92. The van der Waals surface area contributed by atoms with Crippen molar-refractivity contribution in [1.29, 1.82) is 0 Å². The molecular formula is C17H22F3N5O2. The van der Waals surface area contributed by atoms with Crippen molar-refractivity contribution < 1.29 is 17.7 Å². The predicted octanol–water partition coefficient (Wildman–Crippen LogP) is 2.68. The topological polar surface area (TPSA) is 77.0 Å². The van der Waals surface area contributed by atoms with Gasteiger partial charge in [0.1, 0.15) is 0 Å². The Morgan fingerprint density at radius 1 is 1.26 bits per heavy atom. The van der Waals surface area contributed by atoms with E-state index < -0.39 is 17.4 Å². The van der Waals surface area contributed by atoms with E-state index in [0.717, 1.165) is 42.7 Å². The molecule has 0 unspecified atom stereocenters. The molecule has 0 atom stereocenters. The zero-order valence-corrected chi connectivity index (χ0v) is 15.2. The van der Waals surface area contributed by atoms with Gasteiger partial charge >= 0.3 is 6.18 Å². The SMILES string of the molecule is CC(C)c1noc(CN2CCC(Cn3nc(C(F)(F)F)ccc3=O)CC2)n1. The molecule has 7 nitrogen and oxygen atoms in total. The highest BCUT2D eigenvalue weighted by Gasteiger charge is 2.33. The van der Waals surface area contributed by atoms with Crippen LogP contribution < -0.4 is 5.56 Å². The van der Waals surface area contributed by atoms with Gasteiger partial charge in [-0.05, 0) is 37.9 Å². The molecule has 0 aliphatic carbocycles. The summed E-state index contributed by atoms with van der Waals surface area (Å²) >= 11 is 0. The van der Waals surface area contributed by atoms with Gasteiger partial charge in [0.2, 0.25) is 5.89 Å². The van der Waals surface area contributed by atoms with Crippen molar-refractivity contribution in [2.24, 2.45) is 5.92 Å². The number of hydrogen-bond donors (Lipinski definition) is 0. The molecule has 1 aliphatic rings. The van der Waals surface area contributed by atoms with E-state index in [0.29, 0.717) is 18.3 Å². The Morgan fingerprint density at radius 2 is 1.96 bits per heavy atom. The van der Waals surface area contributed by atoms with Crippen molar-refractivity contribution in [3.8, 4) is 0 Å². The van der Waals surface area contributed by atoms with Gasteiger partial charge in [0.25, 0.3) is 5.56 Å². The van der Waals surface area contributed by atoms with E-state index >= 15 is 0 Å². The van der Waals surface area contributed by atoms with Crippen LogP contribution >= 0.6 is 0 Å². The van der Waals surface area contributed by atoms with Gasteiger partial charge in [0, 0.05) is 18.5 Å². The average molecular weight is 385 g/mol. The van der Waals surface area contributed by atoms with E-state index in [1.807, 2.05) is 13.8 Å². The van der Waals surface area contributed by atoms with Gasteiger partial charge in [-0.25, -0.2) is 4.68 Å². The van der Waals surface area contributed by atoms with Crippen LogP contribution in [-0.2, 0) is 19.3 Å². The summed E-state index contributed by atoms with van der Waals surface area (Å²) in [7, 11) is 0. The molecule has 0 spiro atoms. The van der Waals surface area contributed by atoms with Gasteiger partial charge in [-0.1, -0.05) is 19.0 Å². The monoisotopic (exact) mass is 385 g/mol. The molecule has 1 saturated heterocycles. The summed E-state index contributed by atoms with van der Waals surface area (Å²) in [5.74, 6) is 1.54. The highest BCUT2D eigenvalue weighted by molar-refractivity contribution is 5.04. The normalized spacial score (nSPS) is 17.0. The number of halogens is 3. The summed E-state index contributed by atoms with van der Waals surface area (Å²) in [6.45, 7) is 6.21. The summed E-state index contributed by atoms with van der Waals surface area (Å²) in [4.78, 5) is 18.3. The second-order valence-electron chi connectivity index (χ2n) is 7.16. The first kappa shape index (κ1) is 19.5. The van der Waals surface area contributed by atoms with Crippen LogP contribution in [0.4, 0.5) is 13.2 Å². The van der Waals surface area contributed by atoms with Crippen LogP contribution in [0, 0.1) is 5.92 Å². The third-order valence-electron chi connectivity index (χ3n) is 4.65. The van der Waals surface area contributed by atoms with E-state index in [4.69, 9.17) is 4.52 Å². The fourth-order valence-corrected chi connectivity index (χ4v) is 3.06. The lowest BCUT2D eigenvalue weighted by atomic mass is 9.97. The van der Waals surface area contributed by atoms with Crippen molar-refractivity contribution >= 4 is 0 Å². The summed E-state index contributed by atoms with van der Waals surface area (Å²) in [5.41, 5.74) is -1.56. The second-order valence-corrected chi connectivity index (χ2v) is 7.16. The van der Waals surface area contributed by atoms with Gasteiger partial charge in [-0.3, -0.25) is 9.69 Å². The number of rotatable bonds is 5. The molecule has 0 aromatic carbocycles. The van der Waals surface area contributed by atoms with Crippen molar-refractivity contribution in [2.45, 2.75) is 51.9 Å². The fraction of sp³-hybridized carbons (Fsp3) is 0.647.